The van der Waals surface area contributed by atoms with E-state index in [4.69, 9.17) is 10.5 Å². The molecule has 4 heteroatoms. The maximum Gasteiger partial charge on any atom is 0.126 e. The Morgan fingerprint density at radius 3 is 2.80 bits per heavy atom. The van der Waals surface area contributed by atoms with E-state index in [1.165, 1.54) is 12.8 Å². The van der Waals surface area contributed by atoms with Crippen LogP contribution in [0.4, 0.5) is 5.82 Å². The minimum Gasteiger partial charge on any atom is -0.384 e. The number of nitrogens with two attached hydrogens (primary N) is 1. The fourth-order valence-corrected chi connectivity index (χ4v) is 1.95. The van der Waals surface area contributed by atoms with Crippen molar-refractivity contribution in [3.05, 3.63) is 11.5 Å². The van der Waals surface area contributed by atoms with E-state index in [9.17, 15) is 0 Å². The molecule has 0 saturated heterocycles. The molecular formula is C11H19N3O. The highest BCUT2D eigenvalue weighted by atomic mass is 16.5. The molecule has 0 bridgehead atoms. The summed E-state index contributed by atoms with van der Waals surface area (Å²) >= 11 is 0. The van der Waals surface area contributed by atoms with Gasteiger partial charge in [0.05, 0.1) is 12.3 Å². The number of rotatable bonds is 4. The number of aromatic nitrogens is 2. The van der Waals surface area contributed by atoms with Crippen LogP contribution in [0.3, 0.4) is 0 Å². The molecule has 0 aliphatic heterocycles. The lowest BCUT2D eigenvalue weighted by molar-refractivity contribution is 0.183. The van der Waals surface area contributed by atoms with Crippen molar-refractivity contribution in [3.63, 3.8) is 0 Å². The van der Waals surface area contributed by atoms with Gasteiger partial charge in [0.15, 0.2) is 0 Å². The molecule has 1 atom stereocenters. The molecule has 1 aromatic rings. The molecule has 0 amide bonds. The summed E-state index contributed by atoms with van der Waals surface area (Å²) in [5.41, 5.74) is 7.03. The minimum absolute atomic E-state index is 0.272. The summed E-state index contributed by atoms with van der Waals surface area (Å²) < 4.78 is 7.16. The van der Waals surface area contributed by atoms with E-state index in [1.54, 1.807) is 7.11 Å². The molecule has 1 aliphatic carbocycles. The quantitative estimate of drug-likeness (QED) is 0.820. The van der Waals surface area contributed by atoms with Crippen LogP contribution in [0.15, 0.2) is 0 Å². The second kappa shape index (κ2) is 3.85. The summed E-state index contributed by atoms with van der Waals surface area (Å²) in [5.74, 6) is 2.85. The zero-order chi connectivity index (χ0) is 11.0. The molecule has 2 N–H and O–H groups in total. The van der Waals surface area contributed by atoms with Gasteiger partial charge in [-0.2, -0.15) is 0 Å². The third-order valence-corrected chi connectivity index (χ3v) is 3.03. The summed E-state index contributed by atoms with van der Waals surface area (Å²) in [6.45, 7) is 2.77. The van der Waals surface area contributed by atoms with Crippen LogP contribution in [-0.2, 0) is 11.8 Å². The fourth-order valence-electron chi connectivity index (χ4n) is 1.95. The monoisotopic (exact) mass is 209 g/mol. The lowest BCUT2D eigenvalue weighted by Gasteiger charge is -2.07. The maximum absolute atomic E-state index is 6.05. The summed E-state index contributed by atoms with van der Waals surface area (Å²) in [6, 6.07) is 0. The van der Waals surface area contributed by atoms with Crippen molar-refractivity contribution in [3.8, 4) is 0 Å². The summed E-state index contributed by atoms with van der Waals surface area (Å²) in [5, 5.41) is 0. The predicted molar refractivity (Wildman–Crippen MR) is 59.9 cm³/mol. The third-order valence-electron chi connectivity index (χ3n) is 3.03. The van der Waals surface area contributed by atoms with Gasteiger partial charge < -0.3 is 15.0 Å². The molecule has 84 valence electrons. The maximum atomic E-state index is 6.05. The largest absolute Gasteiger partial charge is 0.384 e. The highest BCUT2D eigenvalue weighted by Crippen LogP contribution is 2.41. The minimum atomic E-state index is 0.272. The Morgan fingerprint density at radius 2 is 2.27 bits per heavy atom. The van der Waals surface area contributed by atoms with Crippen LogP contribution < -0.4 is 5.73 Å². The van der Waals surface area contributed by atoms with Crippen LogP contribution in [0, 0.1) is 0 Å². The highest BCUT2D eigenvalue weighted by molar-refractivity contribution is 5.41. The molecule has 2 rings (SSSR count). The predicted octanol–water partition coefficient (Wildman–Crippen LogP) is 1.63. The van der Waals surface area contributed by atoms with Crippen LogP contribution in [0.25, 0.3) is 0 Å². The Hall–Kier alpha value is -1.03. The van der Waals surface area contributed by atoms with Crippen LogP contribution >= 0.6 is 0 Å². The summed E-state index contributed by atoms with van der Waals surface area (Å²) in [4.78, 5) is 4.65. The Balaban J connectivity index is 2.27. The first kappa shape index (κ1) is 10.5. The molecule has 0 radical (unpaired) electrons. The van der Waals surface area contributed by atoms with Gasteiger partial charge in [-0.1, -0.05) is 6.92 Å². The molecule has 1 unspecified atom stereocenters. The highest BCUT2D eigenvalue weighted by Gasteiger charge is 2.30. The first-order valence-corrected chi connectivity index (χ1v) is 5.46. The third kappa shape index (κ3) is 1.86. The van der Waals surface area contributed by atoms with Crippen molar-refractivity contribution in [1.29, 1.82) is 0 Å². The number of ether oxygens (including phenoxy) is 1. The van der Waals surface area contributed by atoms with Gasteiger partial charge in [-0.05, 0) is 12.8 Å². The number of hydrogen-bond donors (Lipinski definition) is 1. The van der Waals surface area contributed by atoms with Gasteiger partial charge in [0, 0.05) is 26.0 Å². The molecule has 1 saturated carbocycles. The van der Waals surface area contributed by atoms with Crippen LogP contribution in [0.1, 0.15) is 43.1 Å². The van der Waals surface area contributed by atoms with E-state index in [-0.39, 0.29) is 5.92 Å². The van der Waals surface area contributed by atoms with E-state index < -0.39 is 0 Å². The lowest BCUT2D eigenvalue weighted by Crippen LogP contribution is -2.06. The molecule has 1 heterocycles. The smallest absolute Gasteiger partial charge is 0.126 e. The van der Waals surface area contributed by atoms with E-state index in [0.717, 1.165) is 17.3 Å². The van der Waals surface area contributed by atoms with Crippen LogP contribution in [-0.4, -0.2) is 23.3 Å². The number of imidazole rings is 1. The standard InChI is InChI=1S/C11H19N3O/c1-7(6-15-3)9-10(12)14(2)11(13-9)8-4-5-8/h7-8H,4-6,12H2,1-3H3. The second-order valence-corrected chi connectivity index (χ2v) is 4.43. The van der Waals surface area contributed by atoms with Crippen molar-refractivity contribution in [2.75, 3.05) is 19.5 Å². The Morgan fingerprint density at radius 1 is 1.60 bits per heavy atom. The van der Waals surface area contributed by atoms with Gasteiger partial charge in [0.2, 0.25) is 0 Å². The topological polar surface area (TPSA) is 53.1 Å². The SMILES string of the molecule is COCC(C)c1nc(C2CC2)n(C)c1N. The first-order chi connectivity index (χ1) is 7.15. The van der Waals surface area contributed by atoms with Crippen molar-refractivity contribution >= 4 is 5.82 Å². The van der Waals surface area contributed by atoms with E-state index in [1.807, 2.05) is 11.6 Å². The Labute approximate surface area is 90.4 Å². The van der Waals surface area contributed by atoms with Gasteiger partial charge in [0.1, 0.15) is 11.6 Å². The lowest BCUT2D eigenvalue weighted by atomic mass is 10.1. The number of hydrogen-bond acceptors (Lipinski definition) is 3. The van der Waals surface area contributed by atoms with Crippen molar-refractivity contribution in [2.45, 2.75) is 31.6 Å². The average Bonchev–Trinajstić information content (AvgIpc) is 2.98. The molecule has 0 spiro atoms. The molecule has 1 aromatic heterocycles. The number of anilines is 1. The number of nitrogens with zero attached hydrogens (tertiary/aromatic N) is 2. The molecule has 4 nitrogen and oxygen atoms in total. The van der Waals surface area contributed by atoms with Gasteiger partial charge in [0.25, 0.3) is 0 Å². The summed E-state index contributed by atoms with van der Waals surface area (Å²) in [7, 11) is 3.70. The molecule has 1 fully saturated rings. The Bertz CT molecular complexity index is 355. The molecule has 15 heavy (non-hydrogen) atoms. The van der Waals surface area contributed by atoms with Gasteiger partial charge in [-0.15, -0.1) is 0 Å². The first-order valence-electron chi connectivity index (χ1n) is 5.46. The average molecular weight is 209 g/mol. The molecule has 0 aromatic carbocycles. The van der Waals surface area contributed by atoms with Crippen LogP contribution in [0.5, 0.6) is 0 Å². The normalized spacial score (nSPS) is 18.1. The van der Waals surface area contributed by atoms with Crippen LogP contribution in [0.2, 0.25) is 0 Å². The number of nitrogen functional groups attached to an aromatic ring is 1. The van der Waals surface area contributed by atoms with E-state index in [0.29, 0.717) is 12.5 Å². The van der Waals surface area contributed by atoms with Crippen molar-refractivity contribution < 1.29 is 4.74 Å². The zero-order valence-electron chi connectivity index (χ0n) is 9.66. The number of methoxy groups -OCH3 is 1. The fraction of sp³-hybridized carbons (Fsp3) is 0.727. The van der Waals surface area contributed by atoms with E-state index >= 15 is 0 Å². The van der Waals surface area contributed by atoms with Gasteiger partial charge >= 0.3 is 0 Å². The van der Waals surface area contributed by atoms with E-state index in [2.05, 4.69) is 11.9 Å². The second-order valence-electron chi connectivity index (χ2n) is 4.43. The zero-order valence-corrected chi connectivity index (χ0v) is 9.66. The van der Waals surface area contributed by atoms with Gasteiger partial charge in [-0.3, -0.25) is 0 Å². The van der Waals surface area contributed by atoms with Crippen molar-refractivity contribution in [2.24, 2.45) is 7.05 Å². The molecule has 1 aliphatic rings. The molecular weight excluding hydrogens is 190 g/mol. The van der Waals surface area contributed by atoms with Crippen molar-refractivity contribution in [1.82, 2.24) is 9.55 Å². The Kier molecular flexibility index (Phi) is 2.69. The summed E-state index contributed by atoms with van der Waals surface area (Å²) in [6.07, 6.45) is 2.50. The van der Waals surface area contributed by atoms with Gasteiger partial charge in [-0.25, -0.2) is 4.98 Å².